The van der Waals surface area contributed by atoms with Crippen LogP contribution in [0.25, 0.3) is 11.0 Å². The molecule has 1 aliphatic rings. The number of pyridine rings is 1. The van der Waals surface area contributed by atoms with Gasteiger partial charge in [-0.3, -0.25) is 4.79 Å². The van der Waals surface area contributed by atoms with E-state index in [1.807, 2.05) is 37.3 Å². The molecule has 1 N–H and O–H groups in total. The van der Waals surface area contributed by atoms with Crippen molar-refractivity contribution in [3.63, 3.8) is 0 Å². The Hall–Kier alpha value is -2.82. The SMILES string of the molecule is Cc1ccc2c(CC(=O)Nc3ccc(N4CCCC4)nc3)coc2c1. The fourth-order valence-electron chi connectivity index (χ4n) is 3.30. The smallest absolute Gasteiger partial charge is 0.228 e. The predicted octanol–water partition coefficient (Wildman–Crippen LogP) is 3.92. The van der Waals surface area contributed by atoms with Crippen LogP contribution in [0.3, 0.4) is 0 Å². The van der Waals surface area contributed by atoms with Crippen molar-refractivity contribution in [3.8, 4) is 0 Å². The van der Waals surface area contributed by atoms with Crippen molar-refractivity contribution in [2.75, 3.05) is 23.3 Å². The third-order valence-corrected chi connectivity index (χ3v) is 4.62. The van der Waals surface area contributed by atoms with Crippen LogP contribution in [0.15, 0.2) is 47.2 Å². The maximum absolute atomic E-state index is 12.3. The Morgan fingerprint density at radius 1 is 1.24 bits per heavy atom. The highest BCUT2D eigenvalue weighted by atomic mass is 16.3. The summed E-state index contributed by atoms with van der Waals surface area (Å²) in [5.41, 5.74) is 3.58. The second kappa shape index (κ2) is 6.59. The summed E-state index contributed by atoms with van der Waals surface area (Å²) in [5, 5.41) is 3.90. The summed E-state index contributed by atoms with van der Waals surface area (Å²) >= 11 is 0. The topological polar surface area (TPSA) is 58.4 Å². The number of benzene rings is 1. The molecule has 3 aromatic rings. The van der Waals surface area contributed by atoms with E-state index in [1.165, 1.54) is 12.8 Å². The number of nitrogens with zero attached hydrogens (tertiary/aromatic N) is 2. The number of hydrogen-bond donors (Lipinski definition) is 1. The molecule has 3 heterocycles. The first-order valence-electron chi connectivity index (χ1n) is 8.66. The van der Waals surface area contributed by atoms with Gasteiger partial charge in [0.05, 0.1) is 24.6 Å². The van der Waals surface area contributed by atoms with Gasteiger partial charge in [0, 0.05) is 24.0 Å². The fourth-order valence-corrected chi connectivity index (χ4v) is 3.30. The molecule has 4 rings (SSSR count). The van der Waals surface area contributed by atoms with E-state index in [9.17, 15) is 4.79 Å². The van der Waals surface area contributed by atoms with Crippen LogP contribution in [0.5, 0.6) is 0 Å². The number of aromatic nitrogens is 1. The molecular weight excluding hydrogens is 314 g/mol. The highest BCUT2D eigenvalue weighted by Gasteiger charge is 2.14. The lowest BCUT2D eigenvalue weighted by molar-refractivity contribution is -0.115. The van der Waals surface area contributed by atoms with Crippen molar-refractivity contribution in [1.82, 2.24) is 4.98 Å². The lowest BCUT2D eigenvalue weighted by atomic mass is 10.1. The van der Waals surface area contributed by atoms with Gasteiger partial charge in [0.25, 0.3) is 0 Å². The molecule has 0 bridgehead atoms. The number of hydrogen-bond acceptors (Lipinski definition) is 4. The fraction of sp³-hybridized carbons (Fsp3) is 0.300. The van der Waals surface area contributed by atoms with Crippen LogP contribution in [-0.2, 0) is 11.2 Å². The number of furan rings is 1. The van der Waals surface area contributed by atoms with Gasteiger partial charge in [0.2, 0.25) is 5.91 Å². The van der Waals surface area contributed by atoms with Crippen molar-refractivity contribution in [2.45, 2.75) is 26.2 Å². The molecular formula is C20H21N3O2. The molecule has 0 unspecified atom stereocenters. The summed E-state index contributed by atoms with van der Waals surface area (Å²) in [5.74, 6) is 0.908. The molecule has 5 heteroatoms. The normalized spacial score (nSPS) is 14.2. The van der Waals surface area contributed by atoms with E-state index in [2.05, 4.69) is 15.2 Å². The van der Waals surface area contributed by atoms with Crippen molar-refractivity contribution in [2.24, 2.45) is 0 Å². The summed E-state index contributed by atoms with van der Waals surface area (Å²) in [4.78, 5) is 19.1. The van der Waals surface area contributed by atoms with Crippen molar-refractivity contribution in [3.05, 3.63) is 53.9 Å². The molecule has 2 aromatic heterocycles. The van der Waals surface area contributed by atoms with Gasteiger partial charge in [0.15, 0.2) is 0 Å². The van der Waals surface area contributed by atoms with E-state index in [4.69, 9.17) is 4.42 Å². The highest BCUT2D eigenvalue weighted by Crippen LogP contribution is 2.23. The van der Waals surface area contributed by atoms with Crippen LogP contribution >= 0.6 is 0 Å². The first-order valence-corrected chi connectivity index (χ1v) is 8.66. The van der Waals surface area contributed by atoms with Gasteiger partial charge in [-0.1, -0.05) is 12.1 Å². The number of aryl methyl sites for hydroxylation is 1. The van der Waals surface area contributed by atoms with E-state index < -0.39 is 0 Å². The van der Waals surface area contributed by atoms with Gasteiger partial charge in [-0.2, -0.15) is 0 Å². The number of carbonyl (C=O) groups is 1. The molecule has 128 valence electrons. The number of fused-ring (bicyclic) bond motifs is 1. The number of rotatable bonds is 4. The van der Waals surface area contributed by atoms with Crippen molar-refractivity contribution in [1.29, 1.82) is 0 Å². The minimum Gasteiger partial charge on any atom is -0.464 e. The Bertz CT molecular complexity index is 893. The number of amides is 1. The summed E-state index contributed by atoms with van der Waals surface area (Å²) in [6.45, 7) is 4.14. The maximum atomic E-state index is 12.3. The van der Waals surface area contributed by atoms with E-state index in [-0.39, 0.29) is 12.3 Å². The molecule has 0 atom stereocenters. The Morgan fingerprint density at radius 3 is 2.84 bits per heavy atom. The molecule has 0 saturated carbocycles. The second-order valence-electron chi connectivity index (χ2n) is 6.58. The van der Waals surface area contributed by atoms with Crippen LogP contribution in [-0.4, -0.2) is 24.0 Å². The van der Waals surface area contributed by atoms with Gasteiger partial charge < -0.3 is 14.6 Å². The summed E-state index contributed by atoms with van der Waals surface area (Å²) in [7, 11) is 0. The van der Waals surface area contributed by atoms with Gasteiger partial charge in [-0.05, 0) is 43.5 Å². The quantitative estimate of drug-likeness (QED) is 0.785. The molecule has 25 heavy (non-hydrogen) atoms. The average Bonchev–Trinajstić information content (AvgIpc) is 3.26. The van der Waals surface area contributed by atoms with Crippen molar-refractivity contribution < 1.29 is 9.21 Å². The summed E-state index contributed by atoms with van der Waals surface area (Å²) in [6.07, 6.45) is 6.11. The van der Waals surface area contributed by atoms with E-state index in [0.717, 1.165) is 46.7 Å². The zero-order valence-electron chi connectivity index (χ0n) is 14.3. The molecule has 1 fully saturated rings. The molecule has 5 nitrogen and oxygen atoms in total. The number of anilines is 2. The Kier molecular flexibility index (Phi) is 4.14. The van der Waals surface area contributed by atoms with Gasteiger partial charge in [0.1, 0.15) is 11.4 Å². The molecule has 1 aromatic carbocycles. The minimum atomic E-state index is -0.0704. The van der Waals surface area contributed by atoms with Gasteiger partial charge >= 0.3 is 0 Å². The molecule has 0 radical (unpaired) electrons. The predicted molar refractivity (Wildman–Crippen MR) is 99.0 cm³/mol. The third-order valence-electron chi connectivity index (χ3n) is 4.62. The van der Waals surface area contributed by atoms with E-state index >= 15 is 0 Å². The van der Waals surface area contributed by atoms with Crippen LogP contribution < -0.4 is 10.2 Å². The minimum absolute atomic E-state index is 0.0704. The molecule has 1 aliphatic heterocycles. The maximum Gasteiger partial charge on any atom is 0.228 e. The summed E-state index contributed by atoms with van der Waals surface area (Å²) < 4.78 is 5.56. The van der Waals surface area contributed by atoms with Crippen LogP contribution in [0.1, 0.15) is 24.0 Å². The van der Waals surface area contributed by atoms with Crippen molar-refractivity contribution >= 4 is 28.4 Å². The number of carbonyl (C=O) groups excluding carboxylic acids is 1. The monoisotopic (exact) mass is 335 g/mol. The number of nitrogens with one attached hydrogen (secondary N) is 1. The van der Waals surface area contributed by atoms with Crippen LogP contribution in [0.4, 0.5) is 11.5 Å². The average molecular weight is 335 g/mol. The first kappa shape index (κ1) is 15.7. The standard InChI is InChI=1S/C20H21N3O2/c1-14-4-6-17-15(13-25-18(17)10-14)11-20(24)22-16-5-7-19(21-12-16)23-8-2-3-9-23/h4-7,10,12-13H,2-3,8-9,11H2,1H3,(H,22,24). The molecule has 0 spiro atoms. The molecule has 1 saturated heterocycles. The van der Waals surface area contributed by atoms with E-state index in [0.29, 0.717) is 0 Å². The van der Waals surface area contributed by atoms with Gasteiger partial charge in [-0.25, -0.2) is 4.98 Å². The van der Waals surface area contributed by atoms with Gasteiger partial charge in [-0.15, -0.1) is 0 Å². The Labute approximate surface area is 146 Å². The summed E-state index contributed by atoms with van der Waals surface area (Å²) in [6, 6.07) is 9.90. The van der Waals surface area contributed by atoms with E-state index in [1.54, 1.807) is 12.5 Å². The lowest BCUT2D eigenvalue weighted by Crippen LogP contribution is -2.19. The third kappa shape index (κ3) is 3.36. The molecule has 1 amide bonds. The largest absolute Gasteiger partial charge is 0.464 e. The lowest BCUT2D eigenvalue weighted by Gasteiger charge is -2.16. The zero-order valence-corrected chi connectivity index (χ0v) is 14.3. The molecule has 0 aliphatic carbocycles. The Balaban J connectivity index is 1.42. The first-order chi connectivity index (χ1) is 12.2. The Morgan fingerprint density at radius 2 is 2.08 bits per heavy atom. The van der Waals surface area contributed by atoms with Crippen LogP contribution in [0, 0.1) is 6.92 Å². The van der Waals surface area contributed by atoms with Crippen LogP contribution in [0.2, 0.25) is 0 Å². The second-order valence-corrected chi connectivity index (χ2v) is 6.58. The highest BCUT2D eigenvalue weighted by molar-refractivity contribution is 5.95. The zero-order chi connectivity index (χ0) is 17.2.